The van der Waals surface area contributed by atoms with Crippen molar-refractivity contribution in [1.82, 2.24) is 0 Å². The van der Waals surface area contributed by atoms with Gasteiger partial charge in [0.25, 0.3) is 0 Å². The first-order valence-electron chi connectivity index (χ1n) is 3.99. The maximum Gasteiger partial charge on any atom is 0.368 e. The van der Waals surface area contributed by atoms with E-state index >= 15 is 0 Å². The van der Waals surface area contributed by atoms with Gasteiger partial charge in [0.15, 0.2) is 0 Å². The van der Waals surface area contributed by atoms with Crippen molar-refractivity contribution in [3.05, 3.63) is 0 Å². The lowest BCUT2D eigenvalue weighted by Crippen LogP contribution is -2.20. The Bertz CT molecular complexity index is 275. The van der Waals surface area contributed by atoms with E-state index in [1.54, 1.807) is 0 Å². The third kappa shape index (κ3) is 2.53. The highest BCUT2D eigenvalue weighted by Gasteiger charge is 2.39. The molecule has 0 aromatic rings. The van der Waals surface area contributed by atoms with E-state index in [9.17, 15) is 4.57 Å². The average molecular weight is 207 g/mol. The summed E-state index contributed by atoms with van der Waals surface area (Å²) in [5.41, 5.74) is 0.505. The molecule has 1 atom stereocenters. The van der Waals surface area contributed by atoms with Crippen LogP contribution in [0.1, 0.15) is 27.2 Å². The molecule has 0 aromatic heterocycles. The second-order valence-corrected chi connectivity index (χ2v) is 5.90. The van der Waals surface area contributed by atoms with E-state index < -0.39 is 13.4 Å². The summed E-state index contributed by atoms with van der Waals surface area (Å²) < 4.78 is 10.8. The molecule has 1 aliphatic heterocycles. The summed E-state index contributed by atoms with van der Waals surface area (Å²) in [6.45, 7) is 5.78. The van der Waals surface area contributed by atoms with Crippen LogP contribution in [0.15, 0.2) is 5.16 Å². The zero-order valence-electron chi connectivity index (χ0n) is 7.89. The minimum absolute atomic E-state index is 0.191. The monoisotopic (exact) mass is 207 g/mol. The fourth-order valence-electron chi connectivity index (χ4n) is 0.988. The second-order valence-electron chi connectivity index (χ2n) is 4.14. The van der Waals surface area contributed by atoms with Gasteiger partial charge in [-0.3, -0.25) is 4.57 Å². The third-order valence-electron chi connectivity index (χ3n) is 1.89. The van der Waals surface area contributed by atoms with Crippen LogP contribution >= 0.6 is 7.60 Å². The molecule has 0 saturated carbocycles. The molecule has 1 heterocycles. The first kappa shape index (κ1) is 10.7. The van der Waals surface area contributed by atoms with Gasteiger partial charge in [0.05, 0.1) is 5.71 Å². The number of hydrogen-bond acceptors (Lipinski definition) is 3. The lowest BCUT2D eigenvalue weighted by Gasteiger charge is -2.16. The average Bonchev–Trinajstić information content (AvgIpc) is 2.28. The molecule has 6 heteroatoms. The molecule has 2 N–H and O–H groups in total. The summed E-state index contributed by atoms with van der Waals surface area (Å²) in [7, 11) is -4.16. The Morgan fingerprint density at radius 2 is 2.08 bits per heavy atom. The minimum Gasteiger partial charge on any atom is -0.379 e. The van der Waals surface area contributed by atoms with Crippen LogP contribution in [0.5, 0.6) is 0 Å². The van der Waals surface area contributed by atoms with Gasteiger partial charge in [0.1, 0.15) is 0 Å². The predicted octanol–water partition coefficient (Wildman–Crippen LogP) is 1.31. The van der Waals surface area contributed by atoms with Crippen LogP contribution < -0.4 is 0 Å². The molecular formula is C7H14NO4P. The molecule has 13 heavy (non-hydrogen) atoms. The maximum atomic E-state index is 10.8. The largest absolute Gasteiger partial charge is 0.379 e. The summed E-state index contributed by atoms with van der Waals surface area (Å²) in [4.78, 5) is 22.3. The summed E-state index contributed by atoms with van der Waals surface area (Å²) in [5, 5.41) is 3.68. The standard InChI is InChI=1S/C7H14NO4P/c1-7(2,3)5-4-6(12-8-5)13(9,10)11/h6H,4H2,1-3H3,(H2,9,10,11). The normalized spacial score (nSPS) is 24.1. The van der Waals surface area contributed by atoms with Gasteiger partial charge >= 0.3 is 7.60 Å². The van der Waals surface area contributed by atoms with Gasteiger partial charge in [-0.2, -0.15) is 0 Å². The van der Waals surface area contributed by atoms with Crippen LogP contribution in [0.4, 0.5) is 0 Å². The fourth-order valence-corrected chi connectivity index (χ4v) is 1.57. The van der Waals surface area contributed by atoms with E-state index in [4.69, 9.17) is 9.79 Å². The van der Waals surface area contributed by atoms with Crippen LogP contribution in [-0.4, -0.2) is 21.3 Å². The molecule has 0 spiro atoms. The van der Waals surface area contributed by atoms with Gasteiger partial charge in [0, 0.05) is 11.8 Å². The van der Waals surface area contributed by atoms with Crippen molar-refractivity contribution < 1.29 is 19.2 Å². The Hall–Kier alpha value is -0.380. The minimum atomic E-state index is -4.16. The quantitative estimate of drug-likeness (QED) is 0.635. The second kappa shape index (κ2) is 3.08. The number of nitrogens with zero attached hydrogens (tertiary/aromatic N) is 1. The van der Waals surface area contributed by atoms with Crippen LogP contribution in [0.25, 0.3) is 0 Å². The van der Waals surface area contributed by atoms with Crippen molar-refractivity contribution in [1.29, 1.82) is 0 Å². The molecular weight excluding hydrogens is 193 g/mol. The summed E-state index contributed by atoms with van der Waals surface area (Å²) in [6.07, 6.45) is 0.216. The van der Waals surface area contributed by atoms with Gasteiger partial charge in [-0.15, -0.1) is 0 Å². The van der Waals surface area contributed by atoms with E-state index in [0.717, 1.165) is 0 Å². The van der Waals surface area contributed by atoms with Crippen molar-refractivity contribution in [2.24, 2.45) is 10.6 Å². The molecule has 0 fully saturated rings. The molecule has 5 nitrogen and oxygen atoms in total. The molecule has 0 amide bonds. The number of oxime groups is 1. The number of hydrogen-bond donors (Lipinski definition) is 2. The highest BCUT2D eigenvalue weighted by Crippen LogP contribution is 2.47. The van der Waals surface area contributed by atoms with Crippen LogP contribution in [0, 0.1) is 5.41 Å². The lowest BCUT2D eigenvalue weighted by atomic mass is 9.89. The highest BCUT2D eigenvalue weighted by atomic mass is 31.2. The van der Waals surface area contributed by atoms with Gasteiger partial charge in [0.2, 0.25) is 5.85 Å². The van der Waals surface area contributed by atoms with Gasteiger partial charge in [-0.25, -0.2) is 0 Å². The maximum absolute atomic E-state index is 10.8. The van der Waals surface area contributed by atoms with Crippen LogP contribution in [-0.2, 0) is 9.40 Å². The fraction of sp³-hybridized carbons (Fsp3) is 0.857. The van der Waals surface area contributed by atoms with Crippen LogP contribution in [0.2, 0.25) is 0 Å². The third-order valence-corrected chi connectivity index (χ3v) is 2.92. The summed E-state index contributed by atoms with van der Waals surface area (Å²) >= 11 is 0. The highest BCUT2D eigenvalue weighted by molar-refractivity contribution is 7.52. The molecule has 0 aliphatic carbocycles. The predicted molar refractivity (Wildman–Crippen MR) is 48.4 cm³/mol. The first-order chi connectivity index (χ1) is 5.71. The number of rotatable bonds is 1. The Balaban J connectivity index is 2.68. The van der Waals surface area contributed by atoms with Gasteiger partial charge < -0.3 is 14.6 Å². The molecule has 0 saturated heterocycles. The van der Waals surface area contributed by atoms with Crippen molar-refractivity contribution in [2.45, 2.75) is 33.0 Å². The molecule has 1 aliphatic rings. The Labute approximate surface area is 76.9 Å². The topological polar surface area (TPSA) is 79.1 Å². The Morgan fingerprint density at radius 1 is 1.54 bits per heavy atom. The van der Waals surface area contributed by atoms with E-state index in [1.807, 2.05) is 20.8 Å². The smallest absolute Gasteiger partial charge is 0.368 e. The van der Waals surface area contributed by atoms with E-state index in [2.05, 4.69) is 9.99 Å². The van der Waals surface area contributed by atoms with Crippen molar-refractivity contribution in [3.8, 4) is 0 Å². The van der Waals surface area contributed by atoms with Gasteiger partial charge in [-0.1, -0.05) is 25.9 Å². The van der Waals surface area contributed by atoms with Crippen LogP contribution in [0.3, 0.4) is 0 Å². The van der Waals surface area contributed by atoms with E-state index in [0.29, 0.717) is 5.71 Å². The zero-order valence-corrected chi connectivity index (χ0v) is 8.78. The lowest BCUT2D eigenvalue weighted by molar-refractivity contribution is 0.117. The molecule has 1 rings (SSSR count). The molecule has 1 unspecified atom stereocenters. The Kier molecular flexibility index (Phi) is 2.54. The molecule has 0 aromatic carbocycles. The summed E-state index contributed by atoms with van der Waals surface area (Å²) in [6, 6.07) is 0. The Morgan fingerprint density at radius 3 is 2.31 bits per heavy atom. The summed E-state index contributed by atoms with van der Waals surface area (Å²) in [5.74, 6) is -1.08. The van der Waals surface area contributed by atoms with Gasteiger partial charge in [-0.05, 0) is 0 Å². The first-order valence-corrected chi connectivity index (χ1v) is 5.68. The van der Waals surface area contributed by atoms with E-state index in [-0.39, 0.29) is 11.8 Å². The molecule has 0 radical (unpaired) electrons. The van der Waals surface area contributed by atoms with Crippen molar-refractivity contribution >= 4 is 13.3 Å². The zero-order chi connectivity index (χ0) is 10.3. The SMILES string of the molecule is CC(C)(C)C1=NOC(P(=O)(O)O)C1. The van der Waals surface area contributed by atoms with Crippen molar-refractivity contribution in [2.75, 3.05) is 0 Å². The molecule has 0 bridgehead atoms. The molecule has 76 valence electrons. The van der Waals surface area contributed by atoms with Crippen molar-refractivity contribution in [3.63, 3.8) is 0 Å². The van der Waals surface area contributed by atoms with E-state index in [1.165, 1.54) is 0 Å².